The number of piperidine rings is 1. The Hall–Kier alpha value is -2.49. The quantitative estimate of drug-likeness (QED) is 0.433. The van der Waals surface area contributed by atoms with Crippen LogP contribution in [0.4, 0.5) is 5.82 Å². The van der Waals surface area contributed by atoms with Crippen LogP contribution in [0.1, 0.15) is 37.1 Å². The molecular weight excluding hydrogens is 547 g/mol. The van der Waals surface area contributed by atoms with Crippen LogP contribution in [0.25, 0.3) is 11.2 Å². The minimum absolute atomic E-state index is 0.126. The summed E-state index contributed by atoms with van der Waals surface area (Å²) in [4.78, 5) is 13.9. The molecule has 0 amide bonds. The molecule has 202 valence electrons. The summed E-state index contributed by atoms with van der Waals surface area (Å²) in [5, 5.41) is 15.2. The average molecular weight is 578 g/mol. The zero-order valence-corrected chi connectivity index (χ0v) is 23.6. The molecule has 0 aliphatic carbocycles. The minimum Gasteiger partial charge on any atom is -0.355 e. The fourth-order valence-corrected chi connectivity index (χ4v) is 6.67. The number of halogens is 2. The number of hydrogen-bond acceptors (Lipinski definition) is 8. The number of hydrogen-bond donors (Lipinski definition) is 1. The molecule has 0 saturated carbocycles. The molecule has 2 aliphatic rings. The van der Waals surface area contributed by atoms with Crippen LogP contribution in [0.2, 0.25) is 10.0 Å². The van der Waals surface area contributed by atoms with Gasteiger partial charge >= 0.3 is 0 Å². The van der Waals surface area contributed by atoms with Crippen molar-refractivity contribution < 1.29 is 8.42 Å². The Labute approximate surface area is 232 Å². The van der Waals surface area contributed by atoms with Gasteiger partial charge in [-0.15, -0.1) is 0 Å². The van der Waals surface area contributed by atoms with Gasteiger partial charge in [0.2, 0.25) is 10.0 Å². The van der Waals surface area contributed by atoms with Crippen LogP contribution in [-0.4, -0.2) is 78.6 Å². The number of benzene rings is 1. The van der Waals surface area contributed by atoms with Crippen molar-refractivity contribution in [3.63, 3.8) is 0 Å². The Bertz CT molecular complexity index is 1480. The summed E-state index contributed by atoms with van der Waals surface area (Å²) in [7, 11) is -1.74. The molecule has 0 bridgehead atoms. The van der Waals surface area contributed by atoms with E-state index in [4.69, 9.17) is 28.2 Å². The molecule has 13 heteroatoms. The maximum atomic E-state index is 11.8. The standard InChI is InChI=1S/C25H30Cl2N8O2S/c1-16(20-6-5-19(26)10-21(20)27)35-25-24(22(11-28)32-35)30-12-23(31-25)34-14-18(15-34)17-4-3-7-33(13-17)8-9-38(36,37)29-2/h5-6,10,12,16-18,29H,3-4,7-9,13-15H2,1-2H3. The lowest BCUT2D eigenvalue weighted by Gasteiger charge is -2.47. The topological polar surface area (TPSA) is 120 Å². The molecule has 1 aromatic carbocycles. The molecule has 2 saturated heterocycles. The van der Waals surface area contributed by atoms with Crippen molar-refractivity contribution in [3.8, 4) is 6.07 Å². The molecule has 2 fully saturated rings. The SMILES string of the molecule is CNS(=O)(=O)CCN1CCCC(C2CN(c3cnc4c(C#N)nn(C(C)c5ccc(Cl)cc5Cl)c4n3)C2)C1. The number of aromatic nitrogens is 4. The first kappa shape index (κ1) is 27.1. The number of likely N-dealkylation sites (tertiary alicyclic amines) is 1. The number of nitrogens with one attached hydrogen (secondary N) is 1. The van der Waals surface area contributed by atoms with Gasteiger partial charge < -0.3 is 9.80 Å². The third kappa shape index (κ3) is 5.46. The molecule has 2 atom stereocenters. The fourth-order valence-electron chi connectivity index (χ4n) is 5.40. The number of nitriles is 1. The average Bonchev–Trinajstić information content (AvgIpc) is 3.25. The molecule has 1 N–H and O–H groups in total. The second kappa shape index (κ2) is 10.9. The summed E-state index contributed by atoms with van der Waals surface area (Å²) in [6.45, 7) is 6.10. The summed E-state index contributed by atoms with van der Waals surface area (Å²) in [5.41, 5.74) is 2.05. The first-order valence-electron chi connectivity index (χ1n) is 12.7. The van der Waals surface area contributed by atoms with E-state index in [-0.39, 0.29) is 17.5 Å². The van der Waals surface area contributed by atoms with Gasteiger partial charge in [0.1, 0.15) is 17.4 Å². The summed E-state index contributed by atoms with van der Waals surface area (Å²) in [5.74, 6) is 1.92. The Morgan fingerprint density at radius 2 is 2.03 bits per heavy atom. The van der Waals surface area contributed by atoms with E-state index in [2.05, 4.69) is 30.7 Å². The van der Waals surface area contributed by atoms with Gasteiger partial charge in [0, 0.05) is 36.2 Å². The van der Waals surface area contributed by atoms with Crippen molar-refractivity contribution in [2.24, 2.45) is 11.8 Å². The number of rotatable bonds is 8. The highest BCUT2D eigenvalue weighted by atomic mass is 35.5. The molecular formula is C25H30Cl2N8O2S. The minimum atomic E-state index is -3.20. The molecule has 4 heterocycles. The van der Waals surface area contributed by atoms with Crippen LogP contribution in [0, 0.1) is 23.2 Å². The molecule has 0 spiro atoms. The Morgan fingerprint density at radius 1 is 1.24 bits per heavy atom. The highest BCUT2D eigenvalue weighted by Crippen LogP contribution is 2.35. The molecule has 5 rings (SSSR count). The van der Waals surface area contributed by atoms with Gasteiger partial charge in [-0.25, -0.2) is 27.8 Å². The Morgan fingerprint density at radius 3 is 2.74 bits per heavy atom. The Kier molecular flexibility index (Phi) is 7.80. The molecule has 0 radical (unpaired) electrons. The lowest BCUT2D eigenvalue weighted by Crippen LogP contribution is -2.54. The molecule has 2 unspecified atom stereocenters. The van der Waals surface area contributed by atoms with Gasteiger partial charge in [-0.2, -0.15) is 10.4 Å². The normalized spacial score (nSPS) is 19.9. The number of sulfonamides is 1. The van der Waals surface area contributed by atoms with Gasteiger partial charge in [-0.1, -0.05) is 29.3 Å². The van der Waals surface area contributed by atoms with Crippen LogP contribution < -0.4 is 9.62 Å². The Balaban J connectivity index is 1.30. The maximum Gasteiger partial charge on any atom is 0.212 e. The molecule has 38 heavy (non-hydrogen) atoms. The molecule has 2 aromatic heterocycles. The van der Waals surface area contributed by atoms with Gasteiger partial charge in [0.05, 0.1) is 18.0 Å². The first-order chi connectivity index (χ1) is 18.2. The highest BCUT2D eigenvalue weighted by Gasteiger charge is 2.37. The van der Waals surface area contributed by atoms with E-state index in [9.17, 15) is 13.7 Å². The lowest BCUT2D eigenvalue weighted by molar-refractivity contribution is 0.125. The van der Waals surface area contributed by atoms with Gasteiger partial charge in [-0.05, 0) is 62.9 Å². The first-order valence-corrected chi connectivity index (χ1v) is 15.1. The molecule has 3 aromatic rings. The third-order valence-electron chi connectivity index (χ3n) is 7.71. The second-order valence-electron chi connectivity index (χ2n) is 10.0. The van der Waals surface area contributed by atoms with E-state index < -0.39 is 10.0 Å². The number of nitrogens with zero attached hydrogens (tertiary/aromatic N) is 7. The number of anilines is 1. The van der Waals surface area contributed by atoms with Crippen molar-refractivity contribution in [1.29, 1.82) is 5.26 Å². The highest BCUT2D eigenvalue weighted by molar-refractivity contribution is 7.89. The van der Waals surface area contributed by atoms with Gasteiger partial charge in [0.25, 0.3) is 0 Å². The summed E-state index contributed by atoms with van der Waals surface area (Å²) < 4.78 is 27.7. The molecule has 10 nitrogen and oxygen atoms in total. The van der Waals surface area contributed by atoms with Crippen molar-refractivity contribution in [2.45, 2.75) is 25.8 Å². The third-order valence-corrected chi connectivity index (χ3v) is 9.61. The lowest BCUT2D eigenvalue weighted by atomic mass is 9.80. The second-order valence-corrected chi connectivity index (χ2v) is 12.9. The van der Waals surface area contributed by atoms with Crippen LogP contribution in [0.15, 0.2) is 24.4 Å². The van der Waals surface area contributed by atoms with Gasteiger partial charge in [-0.3, -0.25) is 0 Å². The van der Waals surface area contributed by atoms with E-state index in [0.29, 0.717) is 39.6 Å². The zero-order valence-electron chi connectivity index (χ0n) is 21.3. The van der Waals surface area contributed by atoms with Crippen LogP contribution in [0.3, 0.4) is 0 Å². The fraction of sp³-hybridized carbons (Fsp3) is 0.520. The van der Waals surface area contributed by atoms with Crippen LogP contribution in [0.5, 0.6) is 0 Å². The largest absolute Gasteiger partial charge is 0.355 e. The smallest absolute Gasteiger partial charge is 0.212 e. The summed E-state index contributed by atoms with van der Waals surface area (Å²) in [6.07, 6.45) is 3.94. The van der Waals surface area contributed by atoms with Crippen molar-refractivity contribution >= 4 is 50.2 Å². The van der Waals surface area contributed by atoms with Crippen molar-refractivity contribution in [1.82, 2.24) is 29.4 Å². The van der Waals surface area contributed by atoms with Gasteiger partial charge in [0.15, 0.2) is 11.3 Å². The monoisotopic (exact) mass is 576 g/mol. The van der Waals surface area contributed by atoms with E-state index in [1.807, 2.05) is 13.0 Å². The van der Waals surface area contributed by atoms with Crippen molar-refractivity contribution in [2.75, 3.05) is 50.4 Å². The van der Waals surface area contributed by atoms with Crippen molar-refractivity contribution in [3.05, 3.63) is 45.7 Å². The van der Waals surface area contributed by atoms with E-state index >= 15 is 0 Å². The predicted molar refractivity (Wildman–Crippen MR) is 148 cm³/mol. The van der Waals surface area contributed by atoms with Crippen LogP contribution >= 0.6 is 23.2 Å². The molecule has 2 aliphatic heterocycles. The van der Waals surface area contributed by atoms with E-state index in [0.717, 1.165) is 50.4 Å². The summed E-state index contributed by atoms with van der Waals surface area (Å²) >= 11 is 12.5. The maximum absolute atomic E-state index is 11.8. The summed E-state index contributed by atoms with van der Waals surface area (Å²) in [6, 6.07) is 7.17. The van der Waals surface area contributed by atoms with E-state index in [1.54, 1.807) is 23.0 Å². The zero-order chi connectivity index (χ0) is 27.0. The van der Waals surface area contributed by atoms with E-state index in [1.165, 1.54) is 7.05 Å². The van der Waals surface area contributed by atoms with Crippen LogP contribution in [-0.2, 0) is 10.0 Å². The number of fused-ring (bicyclic) bond motifs is 1. The predicted octanol–water partition coefficient (Wildman–Crippen LogP) is 3.31.